The van der Waals surface area contributed by atoms with Crippen LogP contribution in [0.25, 0.3) is 0 Å². The number of nitro groups is 2. The van der Waals surface area contributed by atoms with E-state index in [0.717, 1.165) is 22.2 Å². The summed E-state index contributed by atoms with van der Waals surface area (Å²) in [5, 5.41) is 24.2. The minimum atomic E-state index is -0.868. The Bertz CT molecular complexity index is 983. The Hall–Kier alpha value is -3.82. The number of rotatable bonds is 4. The molecule has 2 rings (SSSR count). The zero-order valence-electron chi connectivity index (χ0n) is 16.4. The molecule has 0 fully saturated rings. The molecule has 10 heteroatoms. The number of nitro benzene ring substituents is 2. The maximum atomic E-state index is 13.1. The number of amides is 2. The summed E-state index contributed by atoms with van der Waals surface area (Å²) in [7, 11) is 1.36. The van der Waals surface area contributed by atoms with Gasteiger partial charge in [-0.3, -0.25) is 29.8 Å². The van der Waals surface area contributed by atoms with E-state index in [2.05, 4.69) is 0 Å². The monoisotopic (exact) mass is 400 g/mol. The van der Waals surface area contributed by atoms with Crippen LogP contribution in [-0.4, -0.2) is 44.3 Å². The van der Waals surface area contributed by atoms with Crippen molar-refractivity contribution in [2.24, 2.45) is 0 Å². The lowest BCUT2D eigenvalue weighted by atomic mass is 10.1. The molecule has 0 aromatic heterocycles. The van der Waals surface area contributed by atoms with E-state index in [4.69, 9.17) is 0 Å². The highest BCUT2D eigenvalue weighted by Crippen LogP contribution is 2.24. The van der Waals surface area contributed by atoms with E-state index in [9.17, 15) is 29.8 Å². The van der Waals surface area contributed by atoms with Crippen molar-refractivity contribution < 1.29 is 19.4 Å². The van der Waals surface area contributed by atoms with Gasteiger partial charge >= 0.3 is 0 Å². The predicted octanol–water partition coefficient (Wildman–Crippen LogP) is 3.43. The molecule has 0 bridgehead atoms. The first-order chi connectivity index (χ1) is 13.4. The van der Waals surface area contributed by atoms with E-state index in [-0.39, 0.29) is 22.5 Å². The average molecular weight is 400 g/mol. The van der Waals surface area contributed by atoms with Crippen molar-refractivity contribution in [1.82, 2.24) is 10.0 Å². The lowest BCUT2D eigenvalue weighted by molar-refractivity contribution is -0.385. The minimum Gasteiger partial charge on any atom is -0.267 e. The Morgan fingerprint density at radius 1 is 0.828 bits per heavy atom. The largest absolute Gasteiger partial charge is 0.273 e. The molecular formula is C19H20N4O6. The third-order valence-corrected chi connectivity index (χ3v) is 4.03. The lowest BCUT2D eigenvalue weighted by Crippen LogP contribution is -2.56. The van der Waals surface area contributed by atoms with E-state index in [1.54, 1.807) is 20.8 Å². The third-order valence-electron chi connectivity index (χ3n) is 4.03. The topological polar surface area (TPSA) is 127 Å². The molecule has 29 heavy (non-hydrogen) atoms. The van der Waals surface area contributed by atoms with Gasteiger partial charge in [-0.25, -0.2) is 10.0 Å². The molecule has 152 valence electrons. The first-order valence-corrected chi connectivity index (χ1v) is 8.55. The van der Waals surface area contributed by atoms with Crippen LogP contribution in [0, 0.1) is 20.2 Å². The molecule has 0 aliphatic carbocycles. The van der Waals surface area contributed by atoms with Gasteiger partial charge in [-0.05, 0) is 32.9 Å². The Morgan fingerprint density at radius 2 is 1.24 bits per heavy atom. The number of non-ortho nitro benzene ring substituents is 2. The summed E-state index contributed by atoms with van der Waals surface area (Å²) < 4.78 is 0. The molecule has 0 heterocycles. The third kappa shape index (κ3) is 4.72. The quantitative estimate of drug-likeness (QED) is 0.571. The van der Waals surface area contributed by atoms with Crippen molar-refractivity contribution in [3.63, 3.8) is 0 Å². The summed E-state index contributed by atoms with van der Waals surface area (Å²) in [6.45, 7) is 5.08. The van der Waals surface area contributed by atoms with Gasteiger partial charge in [0.25, 0.3) is 23.2 Å². The fourth-order valence-electron chi connectivity index (χ4n) is 2.80. The van der Waals surface area contributed by atoms with Gasteiger partial charge in [0, 0.05) is 42.4 Å². The van der Waals surface area contributed by atoms with Gasteiger partial charge in [0.05, 0.1) is 15.4 Å². The highest BCUT2D eigenvalue weighted by molar-refractivity contribution is 5.99. The molecule has 10 nitrogen and oxygen atoms in total. The molecule has 0 spiro atoms. The van der Waals surface area contributed by atoms with E-state index in [1.165, 1.54) is 43.4 Å². The summed E-state index contributed by atoms with van der Waals surface area (Å²) in [5.74, 6) is -1.26. The second-order valence-electron chi connectivity index (χ2n) is 7.23. The van der Waals surface area contributed by atoms with Crippen molar-refractivity contribution >= 4 is 23.2 Å². The van der Waals surface area contributed by atoms with Gasteiger partial charge in [0.1, 0.15) is 0 Å². The summed E-state index contributed by atoms with van der Waals surface area (Å²) in [4.78, 5) is 46.8. The average Bonchev–Trinajstić information content (AvgIpc) is 2.66. The Morgan fingerprint density at radius 3 is 1.62 bits per heavy atom. The first kappa shape index (κ1) is 21.5. The minimum absolute atomic E-state index is 0.0304. The van der Waals surface area contributed by atoms with Crippen molar-refractivity contribution in [2.75, 3.05) is 7.05 Å². The van der Waals surface area contributed by atoms with Crippen LogP contribution in [0.3, 0.4) is 0 Å². The second kappa shape index (κ2) is 8.05. The van der Waals surface area contributed by atoms with E-state index in [0.29, 0.717) is 0 Å². The predicted molar refractivity (Wildman–Crippen MR) is 104 cm³/mol. The number of carbonyl (C=O) groups excluding carboxylic acids is 2. The standard InChI is InChI=1S/C19H20N4O6/c1-19(2,3)21(18(25)14-8-6-10-16(12-14)23(28)29)20(4)17(24)13-7-5-9-15(11-13)22(26)27/h5-12H,1-4H3. The molecule has 0 saturated carbocycles. The maximum absolute atomic E-state index is 13.1. The van der Waals surface area contributed by atoms with Crippen LogP contribution in [0.5, 0.6) is 0 Å². The zero-order chi connectivity index (χ0) is 21.9. The van der Waals surface area contributed by atoms with Gasteiger partial charge in [0.2, 0.25) is 0 Å². The van der Waals surface area contributed by atoms with Crippen molar-refractivity contribution in [3.05, 3.63) is 79.9 Å². The Kier molecular flexibility index (Phi) is 5.96. The number of hydrogen-bond donors (Lipinski definition) is 0. The molecule has 0 radical (unpaired) electrons. The van der Waals surface area contributed by atoms with Crippen LogP contribution in [0.1, 0.15) is 41.5 Å². The maximum Gasteiger partial charge on any atom is 0.273 e. The molecule has 2 amide bonds. The summed E-state index contributed by atoms with van der Waals surface area (Å²) in [5.41, 5.74) is -1.31. The molecule has 0 aliphatic rings. The molecule has 0 saturated heterocycles. The number of hydrogen-bond acceptors (Lipinski definition) is 6. The summed E-state index contributed by atoms with van der Waals surface area (Å²) in [6, 6.07) is 10.4. The van der Waals surface area contributed by atoms with Gasteiger partial charge in [-0.2, -0.15) is 0 Å². The highest BCUT2D eigenvalue weighted by atomic mass is 16.6. The van der Waals surface area contributed by atoms with Crippen LogP contribution >= 0.6 is 0 Å². The number of benzene rings is 2. The lowest BCUT2D eigenvalue weighted by Gasteiger charge is -2.41. The van der Waals surface area contributed by atoms with Crippen molar-refractivity contribution in [2.45, 2.75) is 26.3 Å². The van der Waals surface area contributed by atoms with Crippen LogP contribution in [-0.2, 0) is 0 Å². The number of carbonyl (C=O) groups is 2. The molecule has 0 atom stereocenters. The number of nitrogens with zero attached hydrogens (tertiary/aromatic N) is 4. The fraction of sp³-hybridized carbons (Fsp3) is 0.263. The van der Waals surface area contributed by atoms with Gasteiger partial charge < -0.3 is 0 Å². The van der Waals surface area contributed by atoms with Gasteiger partial charge in [-0.1, -0.05) is 12.1 Å². The summed E-state index contributed by atoms with van der Waals surface area (Å²) in [6.07, 6.45) is 0. The first-order valence-electron chi connectivity index (χ1n) is 8.55. The van der Waals surface area contributed by atoms with Gasteiger partial charge in [-0.15, -0.1) is 0 Å². The Balaban J connectivity index is 2.44. The highest BCUT2D eigenvalue weighted by Gasteiger charge is 2.34. The normalized spacial score (nSPS) is 10.9. The summed E-state index contributed by atoms with van der Waals surface area (Å²) >= 11 is 0. The van der Waals surface area contributed by atoms with Gasteiger partial charge in [0.15, 0.2) is 0 Å². The molecule has 2 aromatic rings. The molecule has 0 unspecified atom stereocenters. The molecular weight excluding hydrogens is 380 g/mol. The van der Waals surface area contributed by atoms with Crippen LogP contribution in [0.2, 0.25) is 0 Å². The fourth-order valence-corrected chi connectivity index (χ4v) is 2.80. The zero-order valence-corrected chi connectivity index (χ0v) is 16.4. The van der Waals surface area contributed by atoms with Crippen molar-refractivity contribution in [1.29, 1.82) is 0 Å². The van der Waals surface area contributed by atoms with E-state index >= 15 is 0 Å². The number of hydrazine groups is 1. The van der Waals surface area contributed by atoms with Crippen LogP contribution in [0.4, 0.5) is 11.4 Å². The van der Waals surface area contributed by atoms with Crippen LogP contribution in [0.15, 0.2) is 48.5 Å². The van der Waals surface area contributed by atoms with E-state index < -0.39 is 27.2 Å². The Labute approximate surface area is 166 Å². The molecule has 0 aliphatic heterocycles. The second-order valence-corrected chi connectivity index (χ2v) is 7.23. The van der Waals surface area contributed by atoms with E-state index in [1.807, 2.05) is 0 Å². The van der Waals surface area contributed by atoms with Crippen LogP contribution < -0.4 is 0 Å². The smallest absolute Gasteiger partial charge is 0.267 e. The molecule has 2 aromatic carbocycles. The molecule has 0 N–H and O–H groups in total. The SMILES string of the molecule is CN(C(=O)c1cccc([N+](=O)[O-])c1)N(C(=O)c1cccc([N+](=O)[O-])c1)C(C)(C)C. The van der Waals surface area contributed by atoms with Crippen molar-refractivity contribution in [3.8, 4) is 0 Å².